The van der Waals surface area contributed by atoms with Gasteiger partial charge in [0, 0.05) is 31.3 Å². The van der Waals surface area contributed by atoms with Crippen molar-refractivity contribution in [1.29, 1.82) is 0 Å². The molecule has 0 bridgehead atoms. The maximum absolute atomic E-state index is 10.7. The standard InChI is InChI=1S/C28H36ClN3O3/c1-3-4-15-34-20-25(33)18-31(17-22-13-14-22)19-27-21(2)30-32(24-10-8-9-23(29)16-24)28(27)35-26-11-6-5-7-12-26/h5-12,16,22,25,33H,3-4,13-15,17-20H2,1-2H3/t25-/m1/s1. The normalized spacial score (nSPS) is 14.4. The maximum Gasteiger partial charge on any atom is 0.227 e. The number of para-hydroxylation sites is 1. The molecular weight excluding hydrogens is 462 g/mol. The van der Waals surface area contributed by atoms with Crippen LogP contribution in [0.4, 0.5) is 0 Å². The van der Waals surface area contributed by atoms with Crippen LogP contribution in [0.3, 0.4) is 0 Å². The van der Waals surface area contributed by atoms with Crippen molar-refractivity contribution in [1.82, 2.24) is 14.7 Å². The number of benzene rings is 2. The van der Waals surface area contributed by atoms with Crippen LogP contribution in [-0.2, 0) is 11.3 Å². The van der Waals surface area contributed by atoms with E-state index in [1.807, 2.05) is 66.2 Å². The Labute approximate surface area is 213 Å². The topological polar surface area (TPSA) is 59.8 Å². The molecule has 35 heavy (non-hydrogen) atoms. The lowest BCUT2D eigenvalue weighted by atomic mass is 10.2. The number of aliphatic hydroxyl groups is 1. The Morgan fingerprint density at radius 3 is 2.69 bits per heavy atom. The summed E-state index contributed by atoms with van der Waals surface area (Å²) in [7, 11) is 0. The van der Waals surface area contributed by atoms with Gasteiger partial charge in [-0.15, -0.1) is 0 Å². The summed E-state index contributed by atoms with van der Waals surface area (Å²) < 4.78 is 13.9. The van der Waals surface area contributed by atoms with Gasteiger partial charge in [0.25, 0.3) is 0 Å². The van der Waals surface area contributed by atoms with Crippen molar-refractivity contribution in [2.45, 2.75) is 52.2 Å². The van der Waals surface area contributed by atoms with Crippen molar-refractivity contribution in [2.24, 2.45) is 5.92 Å². The molecule has 2 aromatic carbocycles. The van der Waals surface area contributed by atoms with E-state index in [1.54, 1.807) is 0 Å². The molecule has 6 nitrogen and oxygen atoms in total. The monoisotopic (exact) mass is 497 g/mol. The smallest absolute Gasteiger partial charge is 0.227 e. The summed E-state index contributed by atoms with van der Waals surface area (Å²) >= 11 is 6.29. The molecule has 1 N–H and O–H groups in total. The van der Waals surface area contributed by atoms with Gasteiger partial charge in [0.2, 0.25) is 5.88 Å². The van der Waals surface area contributed by atoms with Gasteiger partial charge in [0.15, 0.2) is 0 Å². The van der Waals surface area contributed by atoms with Crippen molar-refractivity contribution in [2.75, 3.05) is 26.3 Å². The molecule has 1 aliphatic rings. The lowest BCUT2D eigenvalue weighted by Gasteiger charge is -2.25. The quantitative estimate of drug-likeness (QED) is 0.276. The van der Waals surface area contributed by atoms with Gasteiger partial charge >= 0.3 is 0 Å². The number of aromatic nitrogens is 2. The van der Waals surface area contributed by atoms with Crippen LogP contribution in [0.5, 0.6) is 11.6 Å². The lowest BCUT2D eigenvalue weighted by molar-refractivity contribution is 0.0134. The van der Waals surface area contributed by atoms with Gasteiger partial charge in [-0.05, 0) is 62.4 Å². The van der Waals surface area contributed by atoms with Crippen LogP contribution in [0.1, 0.15) is 43.9 Å². The van der Waals surface area contributed by atoms with Crippen molar-refractivity contribution in [3.63, 3.8) is 0 Å². The van der Waals surface area contributed by atoms with Gasteiger partial charge in [-0.3, -0.25) is 4.90 Å². The van der Waals surface area contributed by atoms with Gasteiger partial charge in [0.05, 0.1) is 29.7 Å². The molecule has 3 aromatic rings. The minimum atomic E-state index is -0.535. The van der Waals surface area contributed by atoms with Crippen LogP contribution in [0.25, 0.3) is 5.69 Å². The van der Waals surface area contributed by atoms with Gasteiger partial charge in [0.1, 0.15) is 5.75 Å². The lowest BCUT2D eigenvalue weighted by Crippen LogP contribution is -2.36. The minimum Gasteiger partial charge on any atom is -0.439 e. The van der Waals surface area contributed by atoms with E-state index in [9.17, 15) is 5.11 Å². The molecule has 7 heteroatoms. The summed E-state index contributed by atoms with van der Waals surface area (Å²) in [6.45, 7) is 7.32. The van der Waals surface area contributed by atoms with Gasteiger partial charge in [-0.1, -0.05) is 49.2 Å². The first kappa shape index (κ1) is 25.7. The van der Waals surface area contributed by atoms with Crippen molar-refractivity contribution in [3.8, 4) is 17.3 Å². The third-order valence-electron chi connectivity index (χ3n) is 6.16. The maximum atomic E-state index is 10.7. The number of unbranched alkanes of at least 4 members (excludes halogenated alkanes) is 1. The molecule has 0 aliphatic heterocycles. The van der Waals surface area contributed by atoms with E-state index in [4.69, 9.17) is 26.2 Å². The first-order valence-electron chi connectivity index (χ1n) is 12.6. The zero-order valence-corrected chi connectivity index (χ0v) is 21.5. The minimum absolute atomic E-state index is 0.356. The Bertz CT molecular complexity index is 1070. The van der Waals surface area contributed by atoms with Crippen LogP contribution in [-0.4, -0.2) is 52.2 Å². The average Bonchev–Trinajstić information content (AvgIpc) is 3.62. The number of ether oxygens (including phenoxy) is 2. The highest BCUT2D eigenvalue weighted by atomic mass is 35.5. The molecule has 1 fully saturated rings. The van der Waals surface area contributed by atoms with E-state index in [0.29, 0.717) is 43.1 Å². The summed E-state index contributed by atoms with van der Waals surface area (Å²) in [6.07, 6.45) is 4.05. The molecule has 1 atom stereocenters. The van der Waals surface area contributed by atoms with Crippen molar-refractivity contribution < 1.29 is 14.6 Å². The Balaban J connectivity index is 1.59. The number of rotatable bonds is 14. The molecule has 0 unspecified atom stereocenters. The summed E-state index contributed by atoms with van der Waals surface area (Å²) in [4.78, 5) is 2.32. The fourth-order valence-electron chi connectivity index (χ4n) is 4.12. The summed E-state index contributed by atoms with van der Waals surface area (Å²) in [5.74, 6) is 2.10. The second-order valence-corrected chi connectivity index (χ2v) is 9.83. The third kappa shape index (κ3) is 7.55. The molecule has 0 radical (unpaired) electrons. The molecule has 0 saturated heterocycles. The molecule has 188 valence electrons. The van der Waals surface area contributed by atoms with Crippen LogP contribution in [0.15, 0.2) is 54.6 Å². The predicted molar refractivity (Wildman–Crippen MR) is 140 cm³/mol. The van der Waals surface area contributed by atoms with E-state index in [2.05, 4.69) is 11.8 Å². The molecular formula is C28H36ClN3O3. The molecule has 4 rings (SSSR count). The SMILES string of the molecule is CCCCOC[C@H](O)CN(Cc1c(C)nn(-c2cccc(Cl)c2)c1Oc1ccccc1)CC1CC1. The highest BCUT2D eigenvalue weighted by Gasteiger charge is 2.28. The molecule has 0 spiro atoms. The number of aryl methyl sites for hydroxylation is 1. The van der Waals surface area contributed by atoms with E-state index in [1.165, 1.54) is 12.8 Å². The summed E-state index contributed by atoms with van der Waals surface area (Å²) in [5.41, 5.74) is 2.75. The largest absolute Gasteiger partial charge is 0.439 e. The average molecular weight is 498 g/mol. The van der Waals surface area contributed by atoms with Crippen molar-refractivity contribution in [3.05, 3.63) is 70.9 Å². The number of aliphatic hydroxyl groups excluding tert-OH is 1. The number of hydrogen-bond acceptors (Lipinski definition) is 5. The highest BCUT2D eigenvalue weighted by molar-refractivity contribution is 6.30. The summed E-state index contributed by atoms with van der Waals surface area (Å²) in [5, 5.41) is 16.2. The Hall–Kier alpha value is -2.38. The molecule has 0 amide bonds. The first-order chi connectivity index (χ1) is 17.0. The Morgan fingerprint density at radius 2 is 1.97 bits per heavy atom. The first-order valence-corrected chi connectivity index (χ1v) is 13.0. The molecule has 1 aliphatic carbocycles. The van der Waals surface area contributed by atoms with Crippen LogP contribution >= 0.6 is 11.6 Å². The molecule has 1 aromatic heterocycles. The number of halogens is 1. The number of hydrogen-bond donors (Lipinski definition) is 1. The highest BCUT2D eigenvalue weighted by Crippen LogP contribution is 2.34. The third-order valence-corrected chi connectivity index (χ3v) is 6.40. The van der Waals surface area contributed by atoms with Crippen LogP contribution in [0, 0.1) is 12.8 Å². The Kier molecular flexibility index (Phi) is 9.21. The fraction of sp³-hybridized carbons (Fsp3) is 0.464. The second-order valence-electron chi connectivity index (χ2n) is 9.40. The van der Waals surface area contributed by atoms with Crippen LogP contribution in [0.2, 0.25) is 5.02 Å². The van der Waals surface area contributed by atoms with E-state index in [0.717, 1.165) is 42.1 Å². The van der Waals surface area contributed by atoms with Crippen LogP contribution < -0.4 is 4.74 Å². The van der Waals surface area contributed by atoms with E-state index < -0.39 is 6.10 Å². The van der Waals surface area contributed by atoms with Gasteiger partial charge in [-0.25, -0.2) is 4.68 Å². The second kappa shape index (κ2) is 12.5. The van der Waals surface area contributed by atoms with E-state index in [-0.39, 0.29) is 0 Å². The van der Waals surface area contributed by atoms with Crippen molar-refractivity contribution >= 4 is 11.6 Å². The number of nitrogens with zero attached hydrogens (tertiary/aromatic N) is 3. The molecule has 1 saturated carbocycles. The molecule has 1 heterocycles. The Morgan fingerprint density at radius 1 is 1.17 bits per heavy atom. The van der Waals surface area contributed by atoms with Gasteiger partial charge < -0.3 is 14.6 Å². The summed E-state index contributed by atoms with van der Waals surface area (Å²) in [6, 6.07) is 17.4. The van der Waals surface area contributed by atoms with Gasteiger partial charge in [-0.2, -0.15) is 5.10 Å². The zero-order chi connectivity index (χ0) is 24.6. The fourth-order valence-corrected chi connectivity index (χ4v) is 4.30. The zero-order valence-electron chi connectivity index (χ0n) is 20.7. The van der Waals surface area contributed by atoms with E-state index >= 15 is 0 Å². The predicted octanol–water partition coefficient (Wildman–Crippen LogP) is 6.02.